The monoisotopic (exact) mass is 278 g/mol. The number of nitrogens with zero attached hydrogens (tertiary/aromatic N) is 4. The van der Waals surface area contributed by atoms with Crippen LogP contribution in [0.25, 0.3) is 11.0 Å². The van der Waals surface area contributed by atoms with E-state index in [0.717, 1.165) is 42.5 Å². The number of benzene rings is 1. The van der Waals surface area contributed by atoms with Crippen molar-refractivity contribution < 1.29 is 0 Å². The molecule has 2 unspecified atom stereocenters. The first kappa shape index (κ1) is 13.6. The van der Waals surface area contributed by atoms with Crippen molar-refractivity contribution in [1.29, 1.82) is 10.5 Å². The Bertz CT molecular complexity index is 716. The molecule has 1 aromatic carbocycles. The Hall–Kier alpha value is -2.33. The second-order valence-corrected chi connectivity index (χ2v) is 5.66. The summed E-state index contributed by atoms with van der Waals surface area (Å²) in [5, 5.41) is 18.6. The van der Waals surface area contributed by atoms with Crippen LogP contribution in [-0.2, 0) is 6.42 Å². The number of rotatable bonds is 2. The molecular weight excluding hydrogens is 260 g/mol. The second-order valence-electron chi connectivity index (χ2n) is 5.66. The van der Waals surface area contributed by atoms with Gasteiger partial charge in [-0.05, 0) is 25.0 Å². The van der Waals surface area contributed by atoms with E-state index >= 15 is 0 Å². The molecule has 4 nitrogen and oxygen atoms in total. The average Bonchev–Trinajstić information content (AvgIpc) is 2.70. The van der Waals surface area contributed by atoms with E-state index in [-0.39, 0.29) is 12.0 Å². The van der Waals surface area contributed by atoms with E-state index < -0.39 is 0 Å². The van der Waals surface area contributed by atoms with Crippen LogP contribution in [0.5, 0.6) is 0 Å². The number of hydrogen-bond donors (Lipinski definition) is 0. The minimum absolute atomic E-state index is 0.0162. The topological polar surface area (TPSA) is 65.4 Å². The average molecular weight is 278 g/mol. The lowest BCUT2D eigenvalue weighted by Gasteiger charge is -2.23. The fraction of sp³-hybridized carbons (Fsp3) is 0.471. The predicted molar refractivity (Wildman–Crippen MR) is 80.3 cm³/mol. The summed E-state index contributed by atoms with van der Waals surface area (Å²) < 4.78 is 2.16. The molecule has 2 aromatic rings. The summed E-state index contributed by atoms with van der Waals surface area (Å²) in [6.45, 7) is 0. The Balaban J connectivity index is 2.14. The molecule has 0 saturated heterocycles. The third-order valence-corrected chi connectivity index (χ3v) is 4.38. The molecule has 1 aromatic heterocycles. The normalized spacial score (nSPS) is 22.4. The van der Waals surface area contributed by atoms with Crippen LogP contribution in [-0.4, -0.2) is 9.55 Å². The molecule has 0 radical (unpaired) electrons. The summed E-state index contributed by atoms with van der Waals surface area (Å²) >= 11 is 0. The highest BCUT2D eigenvalue weighted by molar-refractivity contribution is 5.76. The van der Waals surface area contributed by atoms with Crippen molar-refractivity contribution in [3.63, 3.8) is 0 Å². The van der Waals surface area contributed by atoms with Gasteiger partial charge in [0.15, 0.2) is 0 Å². The van der Waals surface area contributed by atoms with Crippen LogP contribution in [0.3, 0.4) is 0 Å². The number of nitriles is 2. The highest BCUT2D eigenvalue weighted by atomic mass is 15.1. The lowest BCUT2D eigenvalue weighted by molar-refractivity contribution is 0.373. The van der Waals surface area contributed by atoms with Crippen LogP contribution < -0.4 is 0 Å². The number of fused-ring (bicyclic) bond motifs is 1. The zero-order chi connectivity index (χ0) is 14.7. The quantitative estimate of drug-likeness (QED) is 0.786. The summed E-state index contributed by atoms with van der Waals surface area (Å²) in [5.41, 5.74) is 1.97. The van der Waals surface area contributed by atoms with Crippen molar-refractivity contribution in [3.8, 4) is 12.1 Å². The van der Waals surface area contributed by atoms with Crippen LogP contribution in [0, 0.1) is 28.6 Å². The summed E-state index contributed by atoms with van der Waals surface area (Å²) in [7, 11) is 0. The Morgan fingerprint density at radius 3 is 2.76 bits per heavy atom. The van der Waals surface area contributed by atoms with E-state index in [1.54, 1.807) is 0 Å². The van der Waals surface area contributed by atoms with E-state index in [9.17, 15) is 5.26 Å². The molecule has 0 spiro atoms. The van der Waals surface area contributed by atoms with Gasteiger partial charge < -0.3 is 4.57 Å². The molecular formula is C17H18N4. The molecule has 1 fully saturated rings. The zero-order valence-corrected chi connectivity index (χ0v) is 12.0. The smallest absolute Gasteiger partial charge is 0.124 e. The highest BCUT2D eigenvalue weighted by Gasteiger charge is 2.28. The van der Waals surface area contributed by atoms with Crippen LogP contribution in [0.2, 0.25) is 0 Å². The predicted octanol–water partition coefficient (Wildman–Crippen LogP) is 3.75. The summed E-state index contributed by atoms with van der Waals surface area (Å²) in [4.78, 5) is 4.61. The molecule has 3 rings (SSSR count). The third-order valence-electron chi connectivity index (χ3n) is 4.38. The van der Waals surface area contributed by atoms with Crippen molar-refractivity contribution in [2.24, 2.45) is 5.92 Å². The molecule has 106 valence electrons. The highest BCUT2D eigenvalue weighted by Crippen LogP contribution is 2.35. The maximum absolute atomic E-state index is 9.53. The molecule has 4 heteroatoms. The van der Waals surface area contributed by atoms with Crippen LogP contribution in [0.4, 0.5) is 0 Å². The largest absolute Gasteiger partial charge is 0.323 e. The van der Waals surface area contributed by atoms with Crippen molar-refractivity contribution >= 4 is 11.0 Å². The maximum atomic E-state index is 9.53. The van der Waals surface area contributed by atoms with Crippen molar-refractivity contribution in [1.82, 2.24) is 9.55 Å². The van der Waals surface area contributed by atoms with E-state index in [1.807, 2.05) is 24.3 Å². The zero-order valence-electron chi connectivity index (χ0n) is 12.0. The van der Waals surface area contributed by atoms with Gasteiger partial charge in [0.05, 0.1) is 41.6 Å². The van der Waals surface area contributed by atoms with Gasteiger partial charge in [0.25, 0.3) is 0 Å². The van der Waals surface area contributed by atoms with E-state index in [1.165, 1.54) is 6.42 Å². The van der Waals surface area contributed by atoms with Gasteiger partial charge in [0.1, 0.15) is 5.82 Å². The van der Waals surface area contributed by atoms with E-state index in [0.29, 0.717) is 6.42 Å². The Kier molecular flexibility index (Phi) is 3.88. The minimum Gasteiger partial charge on any atom is -0.323 e. The van der Waals surface area contributed by atoms with Gasteiger partial charge in [0, 0.05) is 0 Å². The second kappa shape index (κ2) is 5.97. The van der Waals surface area contributed by atoms with E-state index in [2.05, 4.69) is 21.7 Å². The summed E-state index contributed by atoms with van der Waals surface area (Å²) in [6, 6.07) is 12.8. The SMILES string of the molecule is N#CCc1nc2ccccc2n1C1CCCCCC1C#N. The molecule has 1 aliphatic carbocycles. The summed E-state index contributed by atoms with van der Waals surface area (Å²) in [5.74, 6) is 0.813. The molecule has 0 aliphatic heterocycles. The van der Waals surface area contributed by atoms with Gasteiger partial charge in [-0.3, -0.25) is 0 Å². The van der Waals surface area contributed by atoms with Crippen molar-refractivity contribution in [2.75, 3.05) is 0 Å². The first-order valence-corrected chi connectivity index (χ1v) is 7.57. The van der Waals surface area contributed by atoms with Crippen LogP contribution in [0.1, 0.15) is 44.0 Å². The lowest BCUT2D eigenvalue weighted by Crippen LogP contribution is -2.19. The minimum atomic E-state index is 0.0162. The number of imidazole rings is 1. The van der Waals surface area contributed by atoms with Crippen LogP contribution in [0.15, 0.2) is 24.3 Å². The van der Waals surface area contributed by atoms with E-state index in [4.69, 9.17) is 5.26 Å². The Labute approximate surface area is 124 Å². The molecule has 1 heterocycles. The van der Waals surface area contributed by atoms with Crippen molar-refractivity contribution in [3.05, 3.63) is 30.1 Å². The van der Waals surface area contributed by atoms with Crippen molar-refractivity contribution in [2.45, 2.75) is 44.6 Å². The fourth-order valence-corrected chi connectivity index (χ4v) is 3.41. The van der Waals surface area contributed by atoms with Gasteiger partial charge >= 0.3 is 0 Å². The Morgan fingerprint density at radius 1 is 1.14 bits per heavy atom. The Morgan fingerprint density at radius 2 is 1.95 bits per heavy atom. The number of aromatic nitrogens is 2. The van der Waals surface area contributed by atoms with Gasteiger partial charge in [0.2, 0.25) is 0 Å². The van der Waals surface area contributed by atoms with Gasteiger partial charge in [-0.1, -0.05) is 31.4 Å². The number of hydrogen-bond acceptors (Lipinski definition) is 3. The molecule has 1 aliphatic rings. The van der Waals surface area contributed by atoms with Gasteiger partial charge in [-0.2, -0.15) is 10.5 Å². The first-order chi connectivity index (χ1) is 10.3. The lowest BCUT2D eigenvalue weighted by atomic mass is 9.95. The fourth-order valence-electron chi connectivity index (χ4n) is 3.41. The standard InChI is InChI=1S/C17H18N4/c18-11-10-17-20-14-7-4-5-9-16(14)21(17)15-8-3-1-2-6-13(15)12-19/h4-5,7,9,13,15H,1-3,6,8,10H2. The van der Waals surface area contributed by atoms with Gasteiger partial charge in [-0.25, -0.2) is 4.98 Å². The molecule has 0 amide bonds. The number of para-hydroxylation sites is 2. The molecule has 0 N–H and O–H groups in total. The van der Waals surface area contributed by atoms with Crippen LogP contribution >= 0.6 is 0 Å². The molecule has 0 bridgehead atoms. The first-order valence-electron chi connectivity index (χ1n) is 7.57. The molecule has 21 heavy (non-hydrogen) atoms. The third kappa shape index (κ3) is 2.50. The molecule has 2 atom stereocenters. The van der Waals surface area contributed by atoms with Gasteiger partial charge in [-0.15, -0.1) is 0 Å². The maximum Gasteiger partial charge on any atom is 0.124 e. The molecule has 1 saturated carbocycles. The summed E-state index contributed by atoms with van der Waals surface area (Å²) in [6.07, 6.45) is 5.69.